The molecule has 2 aliphatic rings. The maximum Gasteiger partial charge on any atom is 0.318 e. The summed E-state index contributed by atoms with van der Waals surface area (Å²) in [7, 11) is -4.33. The molecule has 0 saturated carbocycles. The SMILES string of the molecule is C[C@@H](C(=O)N1CCCCC1)N1CC[C@@H](N(CC(=O)O)S(=O)(=O)c2ccc3cc(Cl)ccc3c2)C1=O. The maximum absolute atomic E-state index is 13.6. The van der Waals surface area contributed by atoms with Gasteiger partial charge in [-0.25, -0.2) is 8.42 Å². The number of sulfonamides is 1. The fraction of sp³-hybridized carbons (Fsp3) is 0.458. The van der Waals surface area contributed by atoms with E-state index in [0.717, 1.165) is 29.0 Å². The maximum atomic E-state index is 13.6. The van der Waals surface area contributed by atoms with Crippen LogP contribution in [0.4, 0.5) is 0 Å². The highest BCUT2D eigenvalue weighted by Gasteiger charge is 2.45. The standard InChI is InChI=1S/C24H28ClN3O6S/c1-16(23(31)26-10-3-2-4-11-26)27-12-9-21(24(27)32)28(15-22(29)30)35(33,34)20-8-6-17-13-19(25)7-5-18(17)14-20/h5-8,13-14,16,21H,2-4,9-12,15H2,1H3,(H,29,30)/t16-,21+/m0/s1. The first-order valence-electron chi connectivity index (χ1n) is 11.6. The predicted molar refractivity (Wildman–Crippen MR) is 130 cm³/mol. The van der Waals surface area contributed by atoms with E-state index in [1.54, 1.807) is 36.1 Å². The summed E-state index contributed by atoms with van der Waals surface area (Å²) in [6, 6.07) is 7.47. The van der Waals surface area contributed by atoms with Gasteiger partial charge in [0.05, 0.1) is 4.90 Å². The summed E-state index contributed by atoms with van der Waals surface area (Å²) in [6.07, 6.45) is 2.99. The van der Waals surface area contributed by atoms with Crippen molar-refractivity contribution in [3.05, 3.63) is 41.4 Å². The minimum atomic E-state index is -4.33. The van der Waals surface area contributed by atoms with E-state index < -0.39 is 40.5 Å². The largest absolute Gasteiger partial charge is 0.480 e. The summed E-state index contributed by atoms with van der Waals surface area (Å²) in [6.45, 7) is 2.23. The number of carboxylic acid groups (broad SMARTS) is 1. The molecule has 0 radical (unpaired) electrons. The second-order valence-corrected chi connectivity index (χ2v) is 11.3. The quantitative estimate of drug-likeness (QED) is 0.598. The highest BCUT2D eigenvalue weighted by atomic mass is 35.5. The Kier molecular flexibility index (Phi) is 7.35. The van der Waals surface area contributed by atoms with Crippen molar-refractivity contribution < 1.29 is 27.9 Å². The highest BCUT2D eigenvalue weighted by molar-refractivity contribution is 7.89. The zero-order valence-corrected chi connectivity index (χ0v) is 21.0. The molecule has 2 atom stereocenters. The van der Waals surface area contributed by atoms with Crippen molar-refractivity contribution in [1.29, 1.82) is 0 Å². The normalized spacial score (nSPS) is 20.0. The van der Waals surface area contributed by atoms with Gasteiger partial charge in [0, 0.05) is 24.7 Å². The van der Waals surface area contributed by atoms with Crippen LogP contribution in [0.1, 0.15) is 32.6 Å². The van der Waals surface area contributed by atoms with Gasteiger partial charge in [0.25, 0.3) is 0 Å². The zero-order valence-electron chi connectivity index (χ0n) is 19.4. The molecule has 2 aromatic carbocycles. The van der Waals surface area contributed by atoms with Gasteiger partial charge in [-0.3, -0.25) is 14.4 Å². The van der Waals surface area contributed by atoms with Crippen LogP contribution in [0, 0.1) is 0 Å². The number of likely N-dealkylation sites (tertiary alicyclic amines) is 2. The third kappa shape index (κ3) is 5.14. The third-order valence-corrected chi connectivity index (χ3v) is 8.81. The van der Waals surface area contributed by atoms with Gasteiger partial charge in [-0.05, 0) is 67.6 Å². The first-order valence-corrected chi connectivity index (χ1v) is 13.4. The number of halogens is 1. The van der Waals surface area contributed by atoms with Gasteiger partial charge in [-0.1, -0.05) is 23.7 Å². The fourth-order valence-electron chi connectivity index (χ4n) is 4.84. The average molecular weight is 522 g/mol. The molecule has 2 aromatic rings. The van der Waals surface area contributed by atoms with E-state index in [1.165, 1.54) is 17.0 Å². The number of aliphatic carboxylic acids is 1. The number of hydrogen-bond donors (Lipinski definition) is 1. The summed E-state index contributed by atoms with van der Waals surface area (Å²) in [4.78, 5) is 40.9. The molecule has 2 aliphatic heterocycles. The van der Waals surface area contributed by atoms with Crippen LogP contribution in [-0.2, 0) is 24.4 Å². The lowest BCUT2D eigenvalue weighted by Crippen LogP contribution is -2.52. The number of nitrogens with zero attached hydrogens (tertiary/aromatic N) is 3. The van der Waals surface area contributed by atoms with E-state index in [4.69, 9.17) is 11.6 Å². The Morgan fingerprint density at radius 1 is 1.09 bits per heavy atom. The smallest absolute Gasteiger partial charge is 0.318 e. The monoisotopic (exact) mass is 521 g/mol. The first kappa shape index (κ1) is 25.4. The van der Waals surface area contributed by atoms with Crippen LogP contribution >= 0.6 is 11.6 Å². The van der Waals surface area contributed by atoms with Gasteiger partial charge >= 0.3 is 5.97 Å². The third-order valence-electron chi connectivity index (χ3n) is 6.72. The van der Waals surface area contributed by atoms with Gasteiger partial charge in [0.15, 0.2) is 0 Å². The molecule has 11 heteroatoms. The second kappa shape index (κ2) is 10.1. The number of fused-ring (bicyclic) bond motifs is 1. The van der Waals surface area contributed by atoms with Crippen LogP contribution in [0.2, 0.25) is 5.02 Å². The Bertz CT molecular complexity index is 1260. The molecule has 2 fully saturated rings. The topological polar surface area (TPSA) is 115 Å². The molecule has 2 amide bonds. The van der Waals surface area contributed by atoms with E-state index in [1.807, 2.05) is 0 Å². The van der Waals surface area contributed by atoms with Gasteiger partial charge < -0.3 is 14.9 Å². The molecule has 0 bridgehead atoms. The second-order valence-electron chi connectivity index (χ2n) is 9.00. The van der Waals surface area contributed by atoms with E-state index in [2.05, 4.69) is 0 Å². The molecule has 0 aliphatic carbocycles. The average Bonchev–Trinajstić information content (AvgIpc) is 3.22. The molecule has 9 nitrogen and oxygen atoms in total. The van der Waals surface area contributed by atoms with E-state index in [9.17, 15) is 27.9 Å². The van der Waals surface area contributed by atoms with Crippen molar-refractivity contribution in [1.82, 2.24) is 14.1 Å². The number of benzene rings is 2. The summed E-state index contributed by atoms with van der Waals surface area (Å²) in [5, 5.41) is 11.3. The van der Waals surface area contributed by atoms with Crippen molar-refractivity contribution in [2.24, 2.45) is 0 Å². The molecule has 0 unspecified atom stereocenters. The molecular formula is C24H28ClN3O6S. The van der Waals surface area contributed by atoms with Gasteiger partial charge in [-0.2, -0.15) is 4.31 Å². The number of rotatable bonds is 7. The molecule has 2 saturated heterocycles. The molecule has 4 rings (SSSR count). The summed E-state index contributed by atoms with van der Waals surface area (Å²) in [5.74, 6) is -2.09. The Labute approximate surface area is 209 Å². The molecule has 35 heavy (non-hydrogen) atoms. The Hall–Kier alpha value is -2.69. The fourth-order valence-corrected chi connectivity index (χ4v) is 6.61. The van der Waals surface area contributed by atoms with Crippen molar-refractivity contribution in [3.8, 4) is 0 Å². The van der Waals surface area contributed by atoms with E-state index in [0.29, 0.717) is 23.5 Å². The van der Waals surface area contributed by atoms with Gasteiger partial charge in [0.2, 0.25) is 21.8 Å². The molecule has 1 N–H and O–H groups in total. The van der Waals surface area contributed by atoms with E-state index >= 15 is 0 Å². The first-order chi connectivity index (χ1) is 16.6. The van der Waals surface area contributed by atoms with Crippen LogP contribution in [0.25, 0.3) is 10.8 Å². The van der Waals surface area contributed by atoms with Crippen molar-refractivity contribution >= 4 is 50.2 Å². The number of piperidine rings is 1. The minimum Gasteiger partial charge on any atom is -0.480 e. The molecule has 2 heterocycles. The summed E-state index contributed by atoms with van der Waals surface area (Å²) >= 11 is 6.01. The van der Waals surface area contributed by atoms with Crippen molar-refractivity contribution in [3.63, 3.8) is 0 Å². The molecule has 188 valence electrons. The molecular weight excluding hydrogens is 494 g/mol. The molecule has 0 spiro atoms. The lowest BCUT2D eigenvalue weighted by molar-refractivity contribution is -0.145. The predicted octanol–water partition coefficient (Wildman–Crippen LogP) is 2.57. The van der Waals surface area contributed by atoms with Crippen LogP contribution in [0.15, 0.2) is 41.3 Å². The zero-order chi connectivity index (χ0) is 25.3. The molecule has 0 aromatic heterocycles. The number of carbonyl (C=O) groups excluding carboxylic acids is 2. The Morgan fingerprint density at radius 3 is 2.43 bits per heavy atom. The Morgan fingerprint density at radius 2 is 1.74 bits per heavy atom. The highest BCUT2D eigenvalue weighted by Crippen LogP contribution is 2.29. The number of hydrogen-bond acceptors (Lipinski definition) is 5. The minimum absolute atomic E-state index is 0.103. The van der Waals surface area contributed by atoms with Crippen molar-refractivity contribution in [2.45, 2.75) is 49.6 Å². The van der Waals surface area contributed by atoms with Crippen LogP contribution in [0.5, 0.6) is 0 Å². The van der Waals surface area contributed by atoms with Gasteiger partial charge in [-0.15, -0.1) is 0 Å². The lowest BCUT2D eigenvalue weighted by atomic mass is 10.1. The van der Waals surface area contributed by atoms with Crippen molar-refractivity contribution in [2.75, 3.05) is 26.2 Å². The Balaban J connectivity index is 1.60. The summed E-state index contributed by atoms with van der Waals surface area (Å²) in [5.41, 5.74) is 0. The lowest BCUT2D eigenvalue weighted by Gasteiger charge is -2.33. The number of carboxylic acids is 1. The number of amides is 2. The van der Waals surface area contributed by atoms with E-state index in [-0.39, 0.29) is 23.8 Å². The van der Waals surface area contributed by atoms with Crippen LogP contribution in [-0.4, -0.2) is 83.7 Å². The van der Waals surface area contributed by atoms with Gasteiger partial charge in [0.1, 0.15) is 18.6 Å². The summed E-state index contributed by atoms with van der Waals surface area (Å²) < 4.78 is 27.9. The van der Waals surface area contributed by atoms with Crippen LogP contribution < -0.4 is 0 Å². The van der Waals surface area contributed by atoms with Crippen LogP contribution in [0.3, 0.4) is 0 Å². The number of carbonyl (C=O) groups is 3.